The summed E-state index contributed by atoms with van der Waals surface area (Å²) in [5, 5.41) is 3.31. The smallest absolute Gasteiger partial charge is 0.194 e. The van der Waals surface area contributed by atoms with Crippen LogP contribution in [-0.2, 0) is 14.6 Å². The van der Waals surface area contributed by atoms with Gasteiger partial charge in [-0.2, -0.15) is 0 Å². The van der Waals surface area contributed by atoms with E-state index in [-0.39, 0.29) is 59.4 Å². The van der Waals surface area contributed by atoms with Crippen molar-refractivity contribution in [1.82, 2.24) is 10.2 Å². The fourth-order valence-corrected chi connectivity index (χ4v) is 5.49. The zero-order chi connectivity index (χ0) is 19.4. The molecular formula is C19H29FIN3O3S. The van der Waals surface area contributed by atoms with Crippen molar-refractivity contribution < 1.29 is 17.5 Å². The van der Waals surface area contributed by atoms with Crippen molar-refractivity contribution in [2.24, 2.45) is 10.9 Å². The summed E-state index contributed by atoms with van der Waals surface area (Å²) in [6, 6.07) is 6.40. The fourth-order valence-electron chi connectivity index (χ4n) is 3.64. The van der Waals surface area contributed by atoms with Gasteiger partial charge in [-0.25, -0.2) is 12.8 Å². The third kappa shape index (κ3) is 6.28. The number of benzene rings is 1. The van der Waals surface area contributed by atoms with Gasteiger partial charge in [-0.15, -0.1) is 24.0 Å². The first-order valence-corrected chi connectivity index (χ1v) is 11.3. The normalized spacial score (nSPS) is 27.3. The average molecular weight is 525 g/mol. The zero-order valence-electron chi connectivity index (χ0n) is 16.3. The van der Waals surface area contributed by atoms with Gasteiger partial charge in [0.25, 0.3) is 0 Å². The average Bonchev–Trinajstić information content (AvgIpc) is 2.97. The Morgan fingerprint density at radius 2 is 2.04 bits per heavy atom. The van der Waals surface area contributed by atoms with Crippen molar-refractivity contribution in [2.45, 2.75) is 32.5 Å². The van der Waals surface area contributed by atoms with Crippen LogP contribution in [0.4, 0.5) is 4.39 Å². The first kappa shape index (κ1) is 23.3. The summed E-state index contributed by atoms with van der Waals surface area (Å²) in [7, 11) is -2.89. The van der Waals surface area contributed by atoms with Crippen molar-refractivity contribution in [3.05, 3.63) is 35.6 Å². The van der Waals surface area contributed by atoms with E-state index in [4.69, 9.17) is 9.73 Å². The Bertz CT molecular complexity index is 773. The maximum absolute atomic E-state index is 13.2. The molecule has 0 spiro atoms. The van der Waals surface area contributed by atoms with E-state index in [1.54, 1.807) is 12.1 Å². The Morgan fingerprint density at radius 1 is 1.32 bits per heavy atom. The van der Waals surface area contributed by atoms with Gasteiger partial charge in [-0.1, -0.05) is 12.1 Å². The van der Waals surface area contributed by atoms with Crippen LogP contribution >= 0.6 is 24.0 Å². The highest BCUT2D eigenvalue weighted by Gasteiger charge is 2.30. The number of nitrogens with zero attached hydrogens (tertiary/aromatic N) is 2. The van der Waals surface area contributed by atoms with Crippen LogP contribution in [0.15, 0.2) is 29.3 Å². The summed E-state index contributed by atoms with van der Waals surface area (Å²) in [4.78, 5) is 6.86. The van der Waals surface area contributed by atoms with Crippen molar-refractivity contribution in [3.8, 4) is 0 Å². The van der Waals surface area contributed by atoms with Gasteiger partial charge in [-0.3, -0.25) is 4.99 Å². The standard InChI is InChI=1S/C19H28FN3O3S.HI/c1-3-21-19(22-10-15-8-9-27(24,25)13-15)23-11-14(2)26-18(12-23)16-4-6-17(20)7-5-16;/h4-7,14-15,18H,3,8-13H2,1-2H3,(H,21,22);1H. The van der Waals surface area contributed by atoms with Crippen LogP contribution < -0.4 is 5.32 Å². The quantitative estimate of drug-likeness (QED) is 0.372. The highest BCUT2D eigenvalue weighted by atomic mass is 127. The van der Waals surface area contributed by atoms with Crippen molar-refractivity contribution in [3.63, 3.8) is 0 Å². The maximum atomic E-state index is 13.2. The molecule has 2 aliphatic heterocycles. The highest BCUT2D eigenvalue weighted by Crippen LogP contribution is 2.26. The van der Waals surface area contributed by atoms with Crippen LogP contribution in [0.25, 0.3) is 0 Å². The summed E-state index contributed by atoms with van der Waals surface area (Å²) in [5.41, 5.74) is 0.936. The minimum atomic E-state index is -2.89. The van der Waals surface area contributed by atoms with E-state index >= 15 is 0 Å². The predicted octanol–water partition coefficient (Wildman–Crippen LogP) is 2.61. The van der Waals surface area contributed by atoms with Crippen LogP contribution in [0.2, 0.25) is 0 Å². The van der Waals surface area contributed by atoms with Crippen LogP contribution in [0.5, 0.6) is 0 Å². The predicted molar refractivity (Wildman–Crippen MR) is 119 cm³/mol. The minimum absolute atomic E-state index is 0. The Kier molecular flexibility index (Phi) is 8.50. The molecule has 3 atom stereocenters. The number of morpholine rings is 1. The summed E-state index contributed by atoms with van der Waals surface area (Å²) >= 11 is 0. The van der Waals surface area contributed by atoms with E-state index in [9.17, 15) is 12.8 Å². The van der Waals surface area contributed by atoms with Crippen LogP contribution in [0.3, 0.4) is 0 Å². The number of sulfone groups is 1. The molecule has 28 heavy (non-hydrogen) atoms. The first-order valence-electron chi connectivity index (χ1n) is 9.51. The molecule has 2 saturated heterocycles. The second-order valence-corrected chi connectivity index (χ2v) is 9.58. The molecule has 1 N–H and O–H groups in total. The molecule has 0 radical (unpaired) electrons. The van der Waals surface area contributed by atoms with E-state index in [1.807, 2.05) is 13.8 Å². The number of aliphatic imine (C=N–C) groups is 1. The van der Waals surface area contributed by atoms with Gasteiger partial charge >= 0.3 is 0 Å². The molecule has 2 aliphatic rings. The third-order valence-electron chi connectivity index (χ3n) is 4.96. The number of rotatable bonds is 4. The SMILES string of the molecule is CCNC(=NCC1CCS(=O)(=O)C1)N1CC(C)OC(c2ccc(F)cc2)C1.I. The molecule has 9 heteroatoms. The number of guanidine groups is 1. The third-order valence-corrected chi connectivity index (χ3v) is 6.80. The second kappa shape index (κ2) is 10.2. The lowest BCUT2D eigenvalue weighted by molar-refractivity contribution is -0.0605. The van der Waals surface area contributed by atoms with Crippen molar-refractivity contribution >= 4 is 39.8 Å². The van der Waals surface area contributed by atoms with E-state index in [2.05, 4.69) is 10.2 Å². The Balaban J connectivity index is 0.00000280. The topological polar surface area (TPSA) is 71.0 Å². The lowest BCUT2D eigenvalue weighted by atomic mass is 10.1. The molecule has 2 heterocycles. The van der Waals surface area contributed by atoms with Gasteiger partial charge in [0.1, 0.15) is 11.9 Å². The van der Waals surface area contributed by atoms with Crippen LogP contribution in [0, 0.1) is 11.7 Å². The first-order chi connectivity index (χ1) is 12.9. The largest absolute Gasteiger partial charge is 0.367 e. The lowest BCUT2D eigenvalue weighted by Gasteiger charge is -2.38. The minimum Gasteiger partial charge on any atom is -0.367 e. The van der Waals surface area contributed by atoms with Gasteiger partial charge in [-0.05, 0) is 43.9 Å². The van der Waals surface area contributed by atoms with E-state index in [1.165, 1.54) is 12.1 Å². The molecule has 158 valence electrons. The van der Waals surface area contributed by atoms with E-state index in [0.29, 0.717) is 26.1 Å². The number of nitrogens with one attached hydrogen (secondary N) is 1. The monoisotopic (exact) mass is 525 g/mol. The molecule has 1 aromatic rings. The summed E-state index contributed by atoms with van der Waals surface area (Å²) < 4.78 is 42.6. The highest BCUT2D eigenvalue weighted by molar-refractivity contribution is 14.0. The van der Waals surface area contributed by atoms with Crippen molar-refractivity contribution in [1.29, 1.82) is 0 Å². The molecule has 0 bridgehead atoms. The number of ether oxygens (including phenoxy) is 1. The van der Waals surface area contributed by atoms with Crippen molar-refractivity contribution in [2.75, 3.05) is 37.7 Å². The lowest BCUT2D eigenvalue weighted by Crippen LogP contribution is -2.50. The molecule has 1 aromatic carbocycles. The zero-order valence-corrected chi connectivity index (χ0v) is 19.5. The maximum Gasteiger partial charge on any atom is 0.194 e. The molecule has 3 rings (SSSR count). The van der Waals surface area contributed by atoms with Crippen LogP contribution in [0.1, 0.15) is 31.9 Å². The van der Waals surface area contributed by atoms with Gasteiger partial charge in [0.15, 0.2) is 15.8 Å². The molecule has 0 saturated carbocycles. The second-order valence-electron chi connectivity index (χ2n) is 7.36. The molecular weight excluding hydrogens is 496 g/mol. The van der Waals surface area contributed by atoms with E-state index in [0.717, 1.165) is 18.1 Å². The Labute approximate surface area is 183 Å². The molecule has 0 aromatic heterocycles. The molecule has 0 aliphatic carbocycles. The summed E-state index contributed by atoms with van der Waals surface area (Å²) in [5.74, 6) is 1.11. The molecule has 0 amide bonds. The van der Waals surface area contributed by atoms with Gasteiger partial charge < -0.3 is 15.0 Å². The Morgan fingerprint density at radius 3 is 2.64 bits per heavy atom. The Hall–Kier alpha value is -0.940. The van der Waals surface area contributed by atoms with Gasteiger partial charge in [0.05, 0.1) is 24.2 Å². The molecule has 3 unspecified atom stereocenters. The number of hydrogen-bond acceptors (Lipinski definition) is 4. The molecule has 2 fully saturated rings. The van der Waals surface area contributed by atoms with Crippen LogP contribution in [-0.4, -0.2) is 63.1 Å². The summed E-state index contributed by atoms with van der Waals surface area (Å²) in [6.45, 7) is 6.58. The van der Waals surface area contributed by atoms with Gasteiger partial charge in [0, 0.05) is 19.6 Å². The summed E-state index contributed by atoms with van der Waals surface area (Å²) in [6.07, 6.45) is 0.526. The fraction of sp³-hybridized carbons (Fsp3) is 0.632. The number of halogens is 2. The van der Waals surface area contributed by atoms with E-state index < -0.39 is 9.84 Å². The van der Waals surface area contributed by atoms with Gasteiger partial charge in [0.2, 0.25) is 0 Å². The number of hydrogen-bond donors (Lipinski definition) is 1. The molecule has 6 nitrogen and oxygen atoms in total.